The largest absolute Gasteiger partial charge is 0.494 e. The molecule has 0 aliphatic carbocycles. The van der Waals surface area contributed by atoms with E-state index in [1.165, 1.54) is 5.56 Å². The monoisotopic (exact) mass is 444 g/mol. The van der Waals surface area contributed by atoms with E-state index < -0.39 is 0 Å². The fraction of sp³-hybridized carbons (Fsp3) is 0.200. The van der Waals surface area contributed by atoms with Crippen LogP contribution in [0.5, 0.6) is 5.75 Å². The zero-order valence-electron chi connectivity index (χ0n) is 15.4. The third kappa shape index (κ3) is 3.99. The molecule has 1 N–H and O–H groups in total. The van der Waals surface area contributed by atoms with Crippen LogP contribution in [-0.2, 0) is 0 Å². The third-order valence-corrected chi connectivity index (χ3v) is 4.88. The molecule has 140 valence electrons. The Labute approximate surface area is 172 Å². The summed E-state index contributed by atoms with van der Waals surface area (Å²) in [5.41, 5.74) is 6.08. The van der Waals surface area contributed by atoms with Crippen molar-refractivity contribution in [1.29, 1.82) is 0 Å². The second kappa shape index (κ2) is 8.10. The molecule has 7 heteroatoms. The van der Waals surface area contributed by atoms with E-state index in [0.717, 1.165) is 39.3 Å². The lowest BCUT2D eigenvalue weighted by molar-refractivity contribution is 0.340. The number of aromatic nitrogens is 3. The zero-order chi connectivity index (χ0) is 18.1. The quantitative estimate of drug-likeness (QED) is 0.422. The summed E-state index contributed by atoms with van der Waals surface area (Å²) in [6, 6.07) is 12.1. The van der Waals surface area contributed by atoms with Gasteiger partial charge in [-0.05, 0) is 62.7 Å². The van der Waals surface area contributed by atoms with E-state index in [0.29, 0.717) is 6.61 Å². The molecule has 0 saturated heterocycles. The highest BCUT2D eigenvalue weighted by atomic mass is 79.9. The maximum absolute atomic E-state index is 5.48. The lowest BCUT2D eigenvalue weighted by atomic mass is 10.2. The van der Waals surface area contributed by atoms with Crippen molar-refractivity contribution in [2.75, 3.05) is 11.9 Å². The predicted molar refractivity (Wildman–Crippen MR) is 117 cm³/mol. The van der Waals surface area contributed by atoms with Gasteiger partial charge in [-0.2, -0.15) is 0 Å². The average molecular weight is 445 g/mol. The van der Waals surface area contributed by atoms with Gasteiger partial charge in [0.15, 0.2) is 5.13 Å². The number of halogens is 1. The number of aryl methyl sites for hydroxylation is 2. The second-order valence-electron chi connectivity index (χ2n) is 6.10. The van der Waals surface area contributed by atoms with Gasteiger partial charge < -0.3 is 10.1 Å². The van der Waals surface area contributed by atoms with E-state index in [9.17, 15) is 0 Å². The van der Waals surface area contributed by atoms with Crippen molar-refractivity contribution in [3.8, 4) is 17.1 Å². The van der Waals surface area contributed by atoms with E-state index in [-0.39, 0.29) is 17.0 Å². The molecule has 0 bridgehead atoms. The molecule has 0 radical (unpaired) electrons. The Morgan fingerprint density at radius 3 is 2.63 bits per heavy atom. The van der Waals surface area contributed by atoms with Gasteiger partial charge >= 0.3 is 0 Å². The van der Waals surface area contributed by atoms with E-state index in [4.69, 9.17) is 9.72 Å². The van der Waals surface area contributed by atoms with Crippen molar-refractivity contribution in [1.82, 2.24) is 14.4 Å². The molecule has 0 aliphatic rings. The van der Waals surface area contributed by atoms with Crippen molar-refractivity contribution < 1.29 is 4.74 Å². The first kappa shape index (κ1) is 19.4. The van der Waals surface area contributed by atoms with Crippen LogP contribution in [0, 0.1) is 13.8 Å². The summed E-state index contributed by atoms with van der Waals surface area (Å²) >= 11 is 1.58. The Morgan fingerprint density at radius 1 is 1.11 bits per heavy atom. The maximum Gasteiger partial charge on any atom is 0.187 e. The van der Waals surface area contributed by atoms with Crippen molar-refractivity contribution in [2.24, 2.45) is 0 Å². The van der Waals surface area contributed by atoms with Crippen molar-refractivity contribution in [2.45, 2.75) is 20.8 Å². The van der Waals surface area contributed by atoms with Gasteiger partial charge in [0.05, 0.1) is 18.0 Å². The highest BCUT2D eigenvalue weighted by Crippen LogP contribution is 2.30. The summed E-state index contributed by atoms with van der Waals surface area (Å²) in [6.07, 6.45) is 2.05. The molecule has 0 saturated carbocycles. The van der Waals surface area contributed by atoms with Gasteiger partial charge in [-0.1, -0.05) is 0 Å². The lowest BCUT2D eigenvalue weighted by Crippen LogP contribution is -1.93. The lowest BCUT2D eigenvalue weighted by Gasteiger charge is -2.05. The first-order valence-corrected chi connectivity index (χ1v) is 9.43. The molecule has 3 heterocycles. The Morgan fingerprint density at radius 2 is 1.89 bits per heavy atom. The smallest absolute Gasteiger partial charge is 0.187 e. The molecule has 0 amide bonds. The Kier molecular flexibility index (Phi) is 5.82. The molecular formula is C20H21BrN4OS. The summed E-state index contributed by atoms with van der Waals surface area (Å²) in [5.74, 6) is 0.870. The molecule has 4 rings (SSSR count). The van der Waals surface area contributed by atoms with E-state index >= 15 is 0 Å². The third-order valence-electron chi connectivity index (χ3n) is 4.12. The van der Waals surface area contributed by atoms with E-state index in [1.54, 1.807) is 11.3 Å². The van der Waals surface area contributed by atoms with Gasteiger partial charge in [0.25, 0.3) is 0 Å². The minimum absolute atomic E-state index is 0. The molecule has 0 aliphatic heterocycles. The summed E-state index contributed by atoms with van der Waals surface area (Å²) < 4.78 is 7.57. The number of imidazole rings is 1. The summed E-state index contributed by atoms with van der Waals surface area (Å²) in [5, 5.41) is 6.27. The predicted octanol–water partition coefficient (Wildman–Crippen LogP) is 5.79. The molecule has 1 aromatic carbocycles. The van der Waals surface area contributed by atoms with Gasteiger partial charge in [-0.3, -0.25) is 4.40 Å². The number of nitrogens with zero attached hydrogens (tertiary/aromatic N) is 3. The molecule has 3 aromatic heterocycles. The number of nitrogens with one attached hydrogen (secondary N) is 1. The first-order valence-electron chi connectivity index (χ1n) is 8.55. The van der Waals surface area contributed by atoms with Gasteiger partial charge in [0.1, 0.15) is 17.1 Å². The summed E-state index contributed by atoms with van der Waals surface area (Å²) in [7, 11) is 0. The van der Waals surface area contributed by atoms with Gasteiger partial charge in [-0.15, -0.1) is 28.3 Å². The van der Waals surface area contributed by atoms with Crippen LogP contribution in [-0.4, -0.2) is 21.0 Å². The molecule has 0 fully saturated rings. The molecule has 4 aromatic rings. The van der Waals surface area contributed by atoms with Crippen LogP contribution in [0.15, 0.2) is 48.0 Å². The number of hydrogen-bond donors (Lipinski definition) is 1. The number of fused-ring (bicyclic) bond motifs is 1. The zero-order valence-corrected chi connectivity index (χ0v) is 17.9. The number of ether oxygens (including phenoxy) is 1. The average Bonchev–Trinajstić information content (AvgIpc) is 3.19. The van der Waals surface area contributed by atoms with E-state index in [1.807, 2.05) is 38.1 Å². The molecular weight excluding hydrogens is 424 g/mol. The highest BCUT2D eigenvalue weighted by Gasteiger charge is 2.14. The van der Waals surface area contributed by atoms with Gasteiger partial charge in [-0.25, -0.2) is 9.97 Å². The molecule has 27 heavy (non-hydrogen) atoms. The highest BCUT2D eigenvalue weighted by molar-refractivity contribution is 8.93. The number of rotatable bonds is 5. The first-order chi connectivity index (χ1) is 12.6. The SMILES string of the molecule is Br.CCOc1ccc(Nc2nc(-c3c(C)nc4cc(C)ccn34)cs2)cc1. The summed E-state index contributed by atoms with van der Waals surface area (Å²) in [4.78, 5) is 9.42. The maximum atomic E-state index is 5.48. The molecule has 0 spiro atoms. The fourth-order valence-electron chi connectivity index (χ4n) is 2.94. The Hall–Kier alpha value is -2.38. The number of benzene rings is 1. The Bertz CT molecular complexity index is 1060. The normalized spacial score (nSPS) is 10.6. The fourth-order valence-corrected chi connectivity index (χ4v) is 3.65. The van der Waals surface area contributed by atoms with Crippen LogP contribution in [0.1, 0.15) is 18.2 Å². The second-order valence-corrected chi connectivity index (χ2v) is 6.96. The van der Waals surface area contributed by atoms with Gasteiger partial charge in [0.2, 0.25) is 0 Å². The van der Waals surface area contributed by atoms with Crippen LogP contribution in [0.2, 0.25) is 0 Å². The molecule has 5 nitrogen and oxygen atoms in total. The topological polar surface area (TPSA) is 51.5 Å². The minimum Gasteiger partial charge on any atom is -0.494 e. The molecule has 0 atom stereocenters. The standard InChI is InChI=1S/C20H20N4OS.BrH/c1-4-25-16-7-5-15(6-8-16)22-20-23-17(12-26-20)19-14(3)21-18-11-13(2)9-10-24(18)19;/h5-12H,4H2,1-3H3,(H,22,23);1H. The van der Waals surface area contributed by atoms with Crippen LogP contribution >= 0.6 is 28.3 Å². The number of thiazole rings is 1. The van der Waals surface area contributed by atoms with Crippen LogP contribution in [0.4, 0.5) is 10.8 Å². The van der Waals surface area contributed by atoms with Crippen LogP contribution in [0.3, 0.4) is 0 Å². The van der Waals surface area contributed by atoms with Crippen LogP contribution in [0.25, 0.3) is 17.0 Å². The minimum atomic E-state index is 0. The number of anilines is 2. The summed E-state index contributed by atoms with van der Waals surface area (Å²) in [6.45, 7) is 6.75. The molecule has 0 unspecified atom stereocenters. The van der Waals surface area contributed by atoms with Crippen molar-refractivity contribution >= 4 is 44.8 Å². The van der Waals surface area contributed by atoms with E-state index in [2.05, 4.69) is 45.3 Å². The van der Waals surface area contributed by atoms with Gasteiger partial charge in [0, 0.05) is 17.3 Å². The van der Waals surface area contributed by atoms with Crippen molar-refractivity contribution in [3.63, 3.8) is 0 Å². The number of pyridine rings is 1. The van der Waals surface area contributed by atoms with Crippen molar-refractivity contribution in [3.05, 3.63) is 59.2 Å². The van der Waals surface area contributed by atoms with Crippen LogP contribution < -0.4 is 10.1 Å². The Balaban J connectivity index is 0.00000210. The number of hydrogen-bond acceptors (Lipinski definition) is 5.